The first-order chi connectivity index (χ1) is 10.7. The van der Waals surface area contributed by atoms with Crippen molar-refractivity contribution in [1.82, 2.24) is 14.8 Å². The van der Waals surface area contributed by atoms with Gasteiger partial charge >= 0.3 is 6.18 Å². The number of pyridine rings is 1. The molecule has 0 atom stereocenters. The average molecular weight is 328 g/mol. The van der Waals surface area contributed by atoms with E-state index in [1.54, 1.807) is 19.2 Å². The number of anilines is 1. The third kappa shape index (κ3) is 3.99. The van der Waals surface area contributed by atoms with Crippen molar-refractivity contribution in [3.63, 3.8) is 0 Å². The number of aromatic nitrogens is 3. The molecular formula is C14H15F3N4O2. The Balaban J connectivity index is 2.14. The van der Waals surface area contributed by atoms with Gasteiger partial charge in [0.05, 0.1) is 7.11 Å². The number of amides is 1. The van der Waals surface area contributed by atoms with E-state index >= 15 is 0 Å². The minimum absolute atomic E-state index is 0.220. The molecule has 0 saturated carbocycles. The van der Waals surface area contributed by atoms with Crippen molar-refractivity contribution in [2.45, 2.75) is 26.6 Å². The van der Waals surface area contributed by atoms with Gasteiger partial charge in [0.2, 0.25) is 11.8 Å². The zero-order valence-corrected chi connectivity index (χ0v) is 12.7. The van der Waals surface area contributed by atoms with Gasteiger partial charge < -0.3 is 10.1 Å². The van der Waals surface area contributed by atoms with Gasteiger partial charge in [-0.3, -0.25) is 9.48 Å². The largest absolute Gasteiger partial charge is 0.480 e. The standard InChI is InChI=1S/C14H15F3N4O2/c1-8-4-10(13(23-3)18-6-8)19-12(22)7-21-9(2)5-11(20-21)14(15,16)17/h4-6H,7H2,1-3H3,(H,19,22). The number of halogens is 3. The van der Waals surface area contributed by atoms with Gasteiger partial charge in [0.1, 0.15) is 12.2 Å². The van der Waals surface area contributed by atoms with Crippen molar-refractivity contribution in [2.24, 2.45) is 0 Å². The van der Waals surface area contributed by atoms with Crippen LogP contribution in [0.5, 0.6) is 5.88 Å². The maximum atomic E-state index is 12.6. The summed E-state index contributed by atoms with van der Waals surface area (Å²) in [7, 11) is 1.40. The molecule has 2 aromatic rings. The summed E-state index contributed by atoms with van der Waals surface area (Å²) >= 11 is 0. The van der Waals surface area contributed by atoms with E-state index in [9.17, 15) is 18.0 Å². The Morgan fingerprint density at radius 2 is 2.04 bits per heavy atom. The van der Waals surface area contributed by atoms with Crippen LogP contribution in [0.2, 0.25) is 0 Å². The fourth-order valence-corrected chi connectivity index (χ4v) is 1.94. The molecular weight excluding hydrogens is 313 g/mol. The second-order valence-electron chi connectivity index (χ2n) is 4.94. The highest BCUT2D eigenvalue weighted by Crippen LogP contribution is 2.28. The van der Waals surface area contributed by atoms with Crippen LogP contribution in [0.15, 0.2) is 18.3 Å². The summed E-state index contributed by atoms with van der Waals surface area (Å²) in [6, 6.07) is 2.54. The zero-order chi connectivity index (χ0) is 17.2. The van der Waals surface area contributed by atoms with Crippen molar-refractivity contribution in [3.8, 4) is 5.88 Å². The van der Waals surface area contributed by atoms with Gasteiger partial charge in [-0.25, -0.2) is 4.98 Å². The van der Waals surface area contributed by atoms with Crippen LogP contribution in [-0.4, -0.2) is 27.8 Å². The molecule has 2 aromatic heterocycles. The Kier molecular flexibility index (Phi) is 4.57. The number of carbonyl (C=O) groups excluding carboxylic acids is 1. The topological polar surface area (TPSA) is 69.0 Å². The number of ether oxygens (including phenoxy) is 1. The van der Waals surface area contributed by atoms with Crippen LogP contribution in [0.1, 0.15) is 17.0 Å². The lowest BCUT2D eigenvalue weighted by Crippen LogP contribution is -2.21. The molecule has 0 aliphatic heterocycles. The molecule has 124 valence electrons. The lowest BCUT2D eigenvalue weighted by molar-refractivity contribution is -0.141. The Hall–Kier alpha value is -2.58. The fourth-order valence-electron chi connectivity index (χ4n) is 1.94. The molecule has 0 saturated heterocycles. The molecule has 1 amide bonds. The molecule has 0 radical (unpaired) electrons. The molecule has 23 heavy (non-hydrogen) atoms. The molecule has 0 unspecified atom stereocenters. The lowest BCUT2D eigenvalue weighted by Gasteiger charge is -2.10. The highest BCUT2D eigenvalue weighted by atomic mass is 19.4. The number of alkyl halides is 3. The van der Waals surface area contributed by atoms with Gasteiger partial charge in [-0.1, -0.05) is 0 Å². The van der Waals surface area contributed by atoms with Gasteiger partial charge in [-0.2, -0.15) is 18.3 Å². The smallest absolute Gasteiger partial charge is 0.435 e. The molecule has 0 aliphatic rings. The molecule has 1 N–H and O–H groups in total. The number of nitrogens with one attached hydrogen (secondary N) is 1. The van der Waals surface area contributed by atoms with E-state index in [0.29, 0.717) is 5.69 Å². The summed E-state index contributed by atoms with van der Waals surface area (Å²) in [5.74, 6) is -0.312. The maximum Gasteiger partial charge on any atom is 0.435 e. The van der Waals surface area contributed by atoms with Crippen LogP contribution >= 0.6 is 0 Å². The number of hydrogen-bond acceptors (Lipinski definition) is 4. The number of rotatable bonds is 4. The maximum absolute atomic E-state index is 12.6. The Bertz CT molecular complexity index is 725. The Labute approximate surface area is 130 Å². The van der Waals surface area contributed by atoms with E-state index in [0.717, 1.165) is 16.3 Å². The molecule has 6 nitrogen and oxygen atoms in total. The molecule has 0 aromatic carbocycles. The molecule has 0 spiro atoms. The third-order valence-electron chi connectivity index (χ3n) is 3.02. The van der Waals surface area contributed by atoms with Crippen LogP contribution in [0.4, 0.5) is 18.9 Å². The van der Waals surface area contributed by atoms with Gasteiger partial charge in [-0.05, 0) is 31.5 Å². The van der Waals surface area contributed by atoms with Crippen molar-refractivity contribution in [2.75, 3.05) is 12.4 Å². The van der Waals surface area contributed by atoms with E-state index in [-0.39, 0.29) is 18.1 Å². The second kappa shape index (κ2) is 6.27. The van der Waals surface area contributed by atoms with Crippen LogP contribution in [0.25, 0.3) is 0 Å². The van der Waals surface area contributed by atoms with Gasteiger partial charge in [0.15, 0.2) is 5.69 Å². The fraction of sp³-hybridized carbons (Fsp3) is 0.357. The number of aryl methyl sites for hydroxylation is 2. The molecule has 2 heterocycles. The van der Waals surface area contributed by atoms with Crippen LogP contribution in [0, 0.1) is 13.8 Å². The van der Waals surface area contributed by atoms with Crippen molar-refractivity contribution < 1.29 is 22.7 Å². The Morgan fingerprint density at radius 3 is 2.61 bits per heavy atom. The Morgan fingerprint density at radius 1 is 1.35 bits per heavy atom. The van der Waals surface area contributed by atoms with Crippen molar-refractivity contribution in [1.29, 1.82) is 0 Å². The third-order valence-corrected chi connectivity index (χ3v) is 3.02. The molecule has 0 bridgehead atoms. The predicted octanol–water partition coefficient (Wildman–Crippen LogP) is 2.56. The van der Waals surface area contributed by atoms with E-state index in [2.05, 4.69) is 15.4 Å². The quantitative estimate of drug-likeness (QED) is 0.936. The minimum Gasteiger partial charge on any atom is -0.480 e. The van der Waals surface area contributed by atoms with Crippen LogP contribution < -0.4 is 10.1 Å². The SMILES string of the molecule is COc1ncc(C)cc1NC(=O)Cn1nc(C(F)(F)F)cc1C. The lowest BCUT2D eigenvalue weighted by atomic mass is 10.3. The number of carbonyl (C=O) groups is 1. The highest BCUT2D eigenvalue weighted by Gasteiger charge is 2.34. The summed E-state index contributed by atoms with van der Waals surface area (Å²) in [4.78, 5) is 16.0. The molecule has 2 rings (SSSR count). The predicted molar refractivity (Wildman–Crippen MR) is 76.1 cm³/mol. The van der Waals surface area contributed by atoms with Crippen LogP contribution in [0.3, 0.4) is 0 Å². The van der Waals surface area contributed by atoms with E-state index in [1.165, 1.54) is 14.0 Å². The van der Waals surface area contributed by atoms with E-state index in [4.69, 9.17) is 4.74 Å². The normalized spacial score (nSPS) is 11.4. The monoisotopic (exact) mass is 328 g/mol. The number of nitrogens with zero attached hydrogens (tertiary/aromatic N) is 3. The summed E-state index contributed by atoms with van der Waals surface area (Å²) in [6.45, 7) is 2.89. The van der Waals surface area contributed by atoms with Gasteiger partial charge in [0.25, 0.3) is 0 Å². The second-order valence-corrected chi connectivity index (χ2v) is 4.94. The van der Waals surface area contributed by atoms with Gasteiger partial charge in [0, 0.05) is 11.9 Å². The molecule has 0 fully saturated rings. The summed E-state index contributed by atoms with van der Waals surface area (Å²) in [6.07, 6.45) is -2.97. The average Bonchev–Trinajstić information content (AvgIpc) is 2.80. The zero-order valence-electron chi connectivity index (χ0n) is 12.7. The van der Waals surface area contributed by atoms with Crippen LogP contribution in [-0.2, 0) is 17.5 Å². The molecule has 9 heteroatoms. The summed E-state index contributed by atoms with van der Waals surface area (Å²) in [5.41, 5.74) is 0.355. The van der Waals surface area contributed by atoms with E-state index in [1.807, 2.05) is 0 Å². The summed E-state index contributed by atoms with van der Waals surface area (Å²) in [5, 5.41) is 5.96. The van der Waals surface area contributed by atoms with Gasteiger partial charge in [-0.15, -0.1) is 0 Å². The molecule has 0 aliphatic carbocycles. The summed E-state index contributed by atoms with van der Waals surface area (Å²) < 4.78 is 43.8. The minimum atomic E-state index is -4.55. The van der Waals surface area contributed by atoms with E-state index < -0.39 is 17.8 Å². The first-order valence-electron chi connectivity index (χ1n) is 6.63. The number of methoxy groups -OCH3 is 1. The highest BCUT2D eigenvalue weighted by molar-refractivity contribution is 5.91. The first kappa shape index (κ1) is 16.8. The first-order valence-corrected chi connectivity index (χ1v) is 6.63. The van der Waals surface area contributed by atoms with Crippen molar-refractivity contribution in [3.05, 3.63) is 35.3 Å². The van der Waals surface area contributed by atoms with Crippen molar-refractivity contribution >= 4 is 11.6 Å². The number of hydrogen-bond donors (Lipinski definition) is 1.